The first-order chi connectivity index (χ1) is 8.00. The van der Waals surface area contributed by atoms with Crippen LogP contribution in [0.1, 0.15) is 0 Å². The van der Waals surface area contributed by atoms with E-state index in [2.05, 4.69) is 0 Å². The molecular formula is C12H8F2O2S. The van der Waals surface area contributed by atoms with Crippen LogP contribution >= 0.6 is 0 Å². The Kier molecular flexibility index (Phi) is 2.93. The van der Waals surface area contributed by atoms with Crippen LogP contribution in [0.5, 0.6) is 0 Å². The number of benzene rings is 2. The average molecular weight is 254 g/mol. The van der Waals surface area contributed by atoms with Gasteiger partial charge in [0.05, 0.1) is 0 Å². The summed E-state index contributed by atoms with van der Waals surface area (Å²) >= 11 is 0. The van der Waals surface area contributed by atoms with E-state index in [4.69, 9.17) is 0 Å². The largest absolute Gasteiger partial charge is 0.335 e. The van der Waals surface area contributed by atoms with E-state index in [1.807, 2.05) is 0 Å². The molecule has 0 unspecified atom stereocenters. The molecular weight excluding hydrogens is 246 g/mol. The maximum absolute atomic E-state index is 13.8. The molecule has 0 saturated heterocycles. The van der Waals surface area contributed by atoms with Gasteiger partial charge in [0.15, 0.2) is 5.82 Å². The number of halogens is 2. The van der Waals surface area contributed by atoms with Gasteiger partial charge >= 0.3 is 10.2 Å². The Morgan fingerprint density at radius 1 is 0.882 bits per heavy atom. The summed E-state index contributed by atoms with van der Waals surface area (Å²) in [7, 11) is -5.04. The minimum atomic E-state index is -5.04. The van der Waals surface area contributed by atoms with Crippen LogP contribution in [0, 0.1) is 5.82 Å². The highest BCUT2D eigenvalue weighted by molar-refractivity contribution is 7.86. The predicted molar refractivity (Wildman–Crippen MR) is 60.1 cm³/mol. The van der Waals surface area contributed by atoms with Crippen LogP contribution in [-0.2, 0) is 10.2 Å². The molecule has 17 heavy (non-hydrogen) atoms. The molecule has 0 bridgehead atoms. The van der Waals surface area contributed by atoms with E-state index in [0.29, 0.717) is 5.56 Å². The molecule has 0 fully saturated rings. The second-order valence-electron chi connectivity index (χ2n) is 3.42. The molecule has 0 radical (unpaired) electrons. The monoisotopic (exact) mass is 254 g/mol. The predicted octanol–water partition coefficient (Wildman–Crippen LogP) is 3.15. The normalized spacial score (nSPS) is 11.4. The molecule has 0 heterocycles. The van der Waals surface area contributed by atoms with Crippen molar-refractivity contribution < 1.29 is 16.7 Å². The summed E-state index contributed by atoms with van der Waals surface area (Å²) in [6, 6.07) is 12.0. The molecule has 0 amide bonds. The highest BCUT2D eigenvalue weighted by atomic mass is 32.3. The molecule has 0 spiro atoms. The van der Waals surface area contributed by atoms with Crippen molar-refractivity contribution in [1.29, 1.82) is 0 Å². The fraction of sp³-hybridized carbons (Fsp3) is 0. The Morgan fingerprint density at radius 3 is 2.12 bits per heavy atom. The minimum absolute atomic E-state index is 0.0596. The zero-order chi connectivity index (χ0) is 12.5. The van der Waals surface area contributed by atoms with Crippen LogP contribution in [0.4, 0.5) is 8.28 Å². The van der Waals surface area contributed by atoms with E-state index in [1.165, 1.54) is 12.1 Å². The van der Waals surface area contributed by atoms with Crippen LogP contribution in [-0.4, -0.2) is 8.42 Å². The molecule has 88 valence electrons. The summed E-state index contributed by atoms with van der Waals surface area (Å²) in [4.78, 5) is -0.932. The highest BCUT2D eigenvalue weighted by Crippen LogP contribution is 2.27. The van der Waals surface area contributed by atoms with Crippen molar-refractivity contribution in [3.63, 3.8) is 0 Å². The van der Waals surface area contributed by atoms with Crippen molar-refractivity contribution in [2.45, 2.75) is 4.90 Å². The molecule has 5 heteroatoms. The molecule has 0 aliphatic rings. The molecule has 0 aromatic heterocycles. The first-order valence-corrected chi connectivity index (χ1v) is 6.17. The van der Waals surface area contributed by atoms with Crippen molar-refractivity contribution in [2.75, 3.05) is 0 Å². The van der Waals surface area contributed by atoms with Gasteiger partial charge in [-0.05, 0) is 11.6 Å². The van der Waals surface area contributed by atoms with Crippen LogP contribution in [0.15, 0.2) is 53.4 Å². The lowest BCUT2D eigenvalue weighted by Gasteiger charge is -2.05. The average Bonchev–Trinajstić information content (AvgIpc) is 2.29. The van der Waals surface area contributed by atoms with Gasteiger partial charge in [0.1, 0.15) is 4.90 Å². The van der Waals surface area contributed by atoms with E-state index < -0.39 is 20.9 Å². The second-order valence-corrected chi connectivity index (χ2v) is 4.74. The highest BCUT2D eigenvalue weighted by Gasteiger charge is 2.20. The quantitative estimate of drug-likeness (QED) is 0.771. The molecule has 2 aromatic rings. The second kappa shape index (κ2) is 4.25. The Bertz CT molecular complexity index is 637. The summed E-state index contributed by atoms with van der Waals surface area (Å²) in [5.74, 6) is -1.07. The van der Waals surface area contributed by atoms with E-state index >= 15 is 0 Å². The number of hydrogen-bond acceptors (Lipinski definition) is 2. The summed E-state index contributed by atoms with van der Waals surface area (Å²) in [6.07, 6.45) is 0. The lowest BCUT2D eigenvalue weighted by molar-refractivity contribution is 0.534. The molecule has 0 saturated carbocycles. The smallest absolute Gasteiger partial charge is 0.205 e. The Hall–Kier alpha value is -1.75. The molecule has 0 aliphatic heterocycles. The Morgan fingerprint density at radius 2 is 1.53 bits per heavy atom. The van der Waals surface area contributed by atoms with Gasteiger partial charge in [-0.15, -0.1) is 3.89 Å². The van der Waals surface area contributed by atoms with Crippen molar-refractivity contribution in [2.24, 2.45) is 0 Å². The van der Waals surface area contributed by atoms with Crippen LogP contribution in [0.25, 0.3) is 11.1 Å². The van der Waals surface area contributed by atoms with Crippen molar-refractivity contribution in [1.82, 2.24) is 0 Å². The van der Waals surface area contributed by atoms with Crippen molar-refractivity contribution in [3.05, 3.63) is 54.3 Å². The molecule has 2 nitrogen and oxygen atoms in total. The van der Waals surface area contributed by atoms with Crippen molar-refractivity contribution >= 4 is 10.2 Å². The first kappa shape index (κ1) is 11.7. The third kappa shape index (κ3) is 2.34. The van der Waals surface area contributed by atoms with Gasteiger partial charge in [-0.2, -0.15) is 8.42 Å². The first-order valence-electron chi connectivity index (χ1n) is 4.79. The summed E-state index contributed by atoms with van der Waals surface area (Å²) < 4.78 is 48.1. The molecule has 2 rings (SSSR count). The van der Waals surface area contributed by atoms with E-state index in [1.54, 1.807) is 30.3 Å². The lowest BCUT2D eigenvalue weighted by Crippen LogP contribution is -1.98. The van der Waals surface area contributed by atoms with Crippen molar-refractivity contribution in [3.8, 4) is 11.1 Å². The summed E-state index contributed by atoms with van der Waals surface area (Å²) in [5.41, 5.74) is 0.555. The zero-order valence-corrected chi connectivity index (χ0v) is 9.42. The summed E-state index contributed by atoms with van der Waals surface area (Å²) in [5, 5.41) is 0. The third-order valence-electron chi connectivity index (χ3n) is 2.31. The van der Waals surface area contributed by atoms with E-state index in [9.17, 15) is 16.7 Å². The van der Waals surface area contributed by atoms with Crippen LogP contribution in [0.3, 0.4) is 0 Å². The van der Waals surface area contributed by atoms with E-state index in [-0.39, 0.29) is 5.56 Å². The maximum atomic E-state index is 13.8. The van der Waals surface area contributed by atoms with Crippen LogP contribution in [0.2, 0.25) is 0 Å². The van der Waals surface area contributed by atoms with Gasteiger partial charge in [0.25, 0.3) is 0 Å². The van der Waals surface area contributed by atoms with Gasteiger partial charge in [-0.3, -0.25) is 0 Å². The standard InChI is InChI=1S/C12H8F2O2S/c13-12-10(9-5-2-1-3-6-9)7-4-8-11(12)17(14,15)16/h1-8H. The zero-order valence-electron chi connectivity index (χ0n) is 8.60. The molecule has 0 N–H and O–H groups in total. The van der Waals surface area contributed by atoms with Gasteiger partial charge in [0, 0.05) is 5.56 Å². The fourth-order valence-electron chi connectivity index (χ4n) is 1.54. The molecule has 2 aromatic carbocycles. The maximum Gasteiger partial charge on any atom is 0.335 e. The minimum Gasteiger partial charge on any atom is -0.205 e. The van der Waals surface area contributed by atoms with Gasteiger partial charge < -0.3 is 0 Å². The Balaban J connectivity index is 2.67. The van der Waals surface area contributed by atoms with Gasteiger partial charge in [-0.1, -0.05) is 42.5 Å². The number of hydrogen-bond donors (Lipinski definition) is 0. The third-order valence-corrected chi connectivity index (χ3v) is 3.15. The molecule has 0 atom stereocenters. The Labute approximate surface area is 97.7 Å². The topological polar surface area (TPSA) is 34.1 Å². The van der Waals surface area contributed by atoms with Gasteiger partial charge in [0.2, 0.25) is 0 Å². The SMILES string of the molecule is O=S(=O)(F)c1cccc(-c2ccccc2)c1F. The summed E-state index contributed by atoms with van der Waals surface area (Å²) in [6.45, 7) is 0. The fourth-order valence-corrected chi connectivity index (χ4v) is 2.10. The molecule has 0 aliphatic carbocycles. The number of rotatable bonds is 2. The van der Waals surface area contributed by atoms with Gasteiger partial charge in [-0.25, -0.2) is 4.39 Å². The lowest BCUT2D eigenvalue weighted by atomic mass is 10.1. The van der Waals surface area contributed by atoms with E-state index in [0.717, 1.165) is 6.07 Å². The van der Waals surface area contributed by atoms with Crippen LogP contribution < -0.4 is 0 Å².